The van der Waals surface area contributed by atoms with Crippen molar-refractivity contribution in [2.75, 3.05) is 5.73 Å². The maximum Gasteiger partial charge on any atom is 0.244 e. The lowest BCUT2D eigenvalue weighted by atomic mass is 9.97. The SMILES string of the molecule is CC(C)S(=O)(=O)n1c(N)nc2ccc(/C(=C/C#C[Si](C)(C)C)c3ccc(F)cc3)cc21. The fourth-order valence-electron chi connectivity index (χ4n) is 3.01. The van der Waals surface area contributed by atoms with Gasteiger partial charge in [-0.2, -0.15) is 0 Å². The standard InChI is InChI=1S/C23H26FN3O2SSi/c1-16(2)30(28,29)27-22-15-18(10-13-21(22)26-23(27)25)20(7-6-14-31(3,4)5)17-8-11-19(24)12-9-17/h7-13,15-16H,1-5H3,(H2,25,26)/b20-7+. The first kappa shape index (κ1) is 22.8. The van der Waals surface area contributed by atoms with Gasteiger partial charge in [0.1, 0.15) is 13.9 Å². The maximum absolute atomic E-state index is 13.5. The van der Waals surface area contributed by atoms with Gasteiger partial charge in [0.25, 0.3) is 0 Å². The summed E-state index contributed by atoms with van der Waals surface area (Å²) in [6, 6.07) is 11.4. The van der Waals surface area contributed by atoms with Crippen molar-refractivity contribution in [3.8, 4) is 11.5 Å². The molecular weight excluding hydrogens is 429 g/mol. The van der Waals surface area contributed by atoms with E-state index in [4.69, 9.17) is 5.73 Å². The third kappa shape index (κ3) is 4.89. The Morgan fingerprint density at radius 3 is 2.32 bits per heavy atom. The van der Waals surface area contributed by atoms with Gasteiger partial charge in [-0.25, -0.2) is 21.8 Å². The Balaban J connectivity index is 2.26. The van der Waals surface area contributed by atoms with Gasteiger partial charge >= 0.3 is 0 Å². The van der Waals surface area contributed by atoms with Crippen molar-refractivity contribution in [1.29, 1.82) is 0 Å². The van der Waals surface area contributed by atoms with Crippen molar-refractivity contribution in [3.05, 3.63) is 65.5 Å². The van der Waals surface area contributed by atoms with Crippen LogP contribution in [-0.4, -0.2) is 30.7 Å². The van der Waals surface area contributed by atoms with E-state index in [0.29, 0.717) is 11.0 Å². The number of halogens is 1. The van der Waals surface area contributed by atoms with Crippen LogP contribution in [0.15, 0.2) is 48.5 Å². The number of benzene rings is 2. The summed E-state index contributed by atoms with van der Waals surface area (Å²) in [5.41, 5.74) is 12.4. The number of imidazole rings is 1. The highest BCUT2D eigenvalue weighted by Crippen LogP contribution is 2.29. The molecule has 31 heavy (non-hydrogen) atoms. The molecule has 0 atom stereocenters. The molecule has 1 heterocycles. The number of hydrogen-bond donors (Lipinski definition) is 1. The molecule has 8 heteroatoms. The first-order valence-corrected chi connectivity index (χ1v) is 14.9. The fraction of sp³-hybridized carbons (Fsp3) is 0.261. The number of allylic oxidation sites excluding steroid dienone is 1. The summed E-state index contributed by atoms with van der Waals surface area (Å²) in [7, 11) is -5.30. The molecule has 0 unspecified atom stereocenters. The number of hydrogen-bond acceptors (Lipinski definition) is 4. The van der Waals surface area contributed by atoms with Gasteiger partial charge in [0.05, 0.1) is 16.3 Å². The zero-order chi connectivity index (χ0) is 23.0. The highest BCUT2D eigenvalue weighted by atomic mass is 32.2. The zero-order valence-electron chi connectivity index (χ0n) is 18.3. The summed E-state index contributed by atoms with van der Waals surface area (Å²) in [4.78, 5) is 4.21. The Kier molecular flexibility index (Phi) is 6.12. The summed E-state index contributed by atoms with van der Waals surface area (Å²) < 4.78 is 40.3. The molecule has 3 rings (SSSR count). The molecular formula is C23H26FN3O2SSi. The second-order valence-electron chi connectivity index (χ2n) is 8.62. The topological polar surface area (TPSA) is 78.0 Å². The number of rotatable bonds is 4. The van der Waals surface area contributed by atoms with E-state index in [2.05, 4.69) is 36.1 Å². The number of nitrogens with zero attached hydrogens (tertiary/aromatic N) is 2. The van der Waals surface area contributed by atoms with Crippen molar-refractivity contribution in [2.24, 2.45) is 0 Å². The molecule has 0 aliphatic carbocycles. The van der Waals surface area contributed by atoms with E-state index in [9.17, 15) is 12.8 Å². The maximum atomic E-state index is 13.5. The molecule has 0 radical (unpaired) electrons. The predicted octanol–water partition coefficient (Wildman–Crippen LogP) is 4.66. The van der Waals surface area contributed by atoms with Crippen molar-refractivity contribution >= 4 is 40.7 Å². The molecule has 3 aromatic rings. The van der Waals surface area contributed by atoms with Crippen LogP contribution in [0.3, 0.4) is 0 Å². The van der Waals surface area contributed by atoms with Gasteiger partial charge in [-0.3, -0.25) is 0 Å². The number of nitrogen functional groups attached to an aromatic ring is 1. The molecule has 2 aromatic carbocycles. The molecule has 2 N–H and O–H groups in total. The minimum absolute atomic E-state index is 0.0771. The van der Waals surface area contributed by atoms with Crippen LogP contribution in [-0.2, 0) is 10.0 Å². The van der Waals surface area contributed by atoms with E-state index in [-0.39, 0.29) is 11.8 Å². The second-order valence-corrected chi connectivity index (χ2v) is 15.7. The number of anilines is 1. The Hall–Kier alpha value is -2.89. The van der Waals surface area contributed by atoms with Gasteiger partial charge < -0.3 is 5.73 Å². The minimum Gasteiger partial charge on any atom is -0.368 e. The highest BCUT2D eigenvalue weighted by Gasteiger charge is 2.24. The van der Waals surface area contributed by atoms with Crippen LogP contribution in [0.2, 0.25) is 19.6 Å². The normalized spacial score (nSPS) is 12.8. The minimum atomic E-state index is -3.70. The highest BCUT2D eigenvalue weighted by molar-refractivity contribution is 7.90. The summed E-state index contributed by atoms with van der Waals surface area (Å²) in [5, 5.41) is -0.662. The number of fused-ring (bicyclic) bond motifs is 1. The zero-order valence-corrected chi connectivity index (χ0v) is 20.1. The molecule has 0 fully saturated rings. The van der Waals surface area contributed by atoms with Gasteiger partial charge in [0.15, 0.2) is 0 Å². The lowest BCUT2D eigenvalue weighted by molar-refractivity contribution is 0.580. The van der Waals surface area contributed by atoms with Gasteiger partial charge in [0, 0.05) is 0 Å². The van der Waals surface area contributed by atoms with Crippen LogP contribution in [0.1, 0.15) is 25.0 Å². The largest absolute Gasteiger partial charge is 0.368 e. The molecule has 162 valence electrons. The van der Waals surface area contributed by atoms with E-state index in [1.165, 1.54) is 12.1 Å². The lowest BCUT2D eigenvalue weighted by Crippen LogP contribution is -2.23. The molecule has 0 aliphatic heterocycles. The van der Waals surface area contributed by atoms with Crippen molar-refractivity contribution in [3.63, 3.8) is 0 Å². The van der Waals surface area contributed by atoms with E-state index < -0.39 is 23.3 Å². The Bertz CT molecular complexity index is 1320. The third-order valence-corrected chi connectivity index (χ3v) is 7.60. The lowest BCUT2D eigenvalue weighted by Gasteiger charge is -2.12. The number of aromatic nitrogens is 2. The smallest absolute Gasteiger partial charge is 0.244 e. The van der Waals surface area contributed by atoms with Crippen LogP contribution in [0.5, 0.6) is 0 Å². The molecule has 0 spiro atoms. The molecule has 0 amide bonds. The van der Waals surface area contributed by atoms with Crippen LogP contribution in [0, 0.1) is 17.3 Å². The third-order valence-electron chi connectivity index (χ3n) is 4.62. The van der Waals surface area contributed by atoms with Crippen LogP contribution in [0.4, 0.5) is 10.3 Å². The Morgan fingerprint density at radius 2 is 1.74 bits per heavy atom. The first-order chi connectivity index (χ1) is 14.4. The molecule has 0 aliphatic rings. The first-order valence-electron chi connectivity index (χ1n) is 9.92. The number of nitrogens with two attached hydrogens (primary N) is 1. The molecule has 0 saturated heterocycles. The summed E-state index contributed by atoms with van der Waals surface area (Å²) in [6.07, 6.45) is 1.80. The summed E-state index contributed by atoms with van der Waals surface area (Å²) in [5.74, 6) is 2.73. The fourth-order valence-corrected chi connectivity index (χ4v) is 4.65. The van der Waals surface area contributed by atoms with E-state index in [1.54, 1.807) is 44.2 Å². The van der Waals surface area contributed by atoms with Crippen molar-refractivity contribution in [2.45, 2.75) is 38.7 Å². The van der Waals surface area contributed by atoms with E-state index >= 15 is 0 Å². The molecule has 5 nitrogen and oxygen atoms in total. The molecule has 0 saturated carbocycles. The van der Waals surface area contributed by atoms with Gasteiger partial charge in [-0.15, -0.1) is 5.54 Å². The molecule has 1 aromatic heterocycles. The quantitative estimate of drug-likeness (QED) is 0.459. The average molecular weight is 456 g/mol. The van der Waals surface area contributed by atoms with E-state index in [0.717, 1.165) is 20.7 Å². The van der Waals surface area contributed by atoms with Crippen LogP contribution >= 0.6 is 0 Å². The summed E-state index contributed by atoms with van der Waals surface area (Å²) >= 11 is 0. The van der Waals surface area contributed by atoms with Crippen LogP contribution < -0.4 is 5.73 Å². The van der Waals surface area contributed by atoms with Crippen molar-refractivity contribution in [1.82, 2.24) is 8.96 Å². The average Bonchev–Trinajstić information content (AvgIpc) is 3.00. The predicted molar refractivity (Wildman–Crippen MR) is 128 cm³/mol. The van der Waals surface area contributed by atoms with Crippen LogP contribution in [0.25, 0.3) is 16.6 Å². The van der Waals surface area contributed by atoms with Gasteiger partial charge in [0.2, 0.25) is 16.0 Å². The van der Waals surface area contributed by atoms with E-state index in [1.807, 2.05) is 6.07 Å². The molecule has 0 bridgehead atoms. The van der Waals surface area contributed by atoms with Crippen molar-refractivity contribution < 1.29 is 12.8 Å². The second kappa shape index (κ2) is 8.33. The Morgan fingerprint density at radius 1 is 1.13 bits per heavy atom. The summed E-state index contributed by atoms with van der Waals surface area (Å²) in [6.45, 7) is 9.64. The van der Waals surface area contributed by atoms with Gasteiger partial charge in [-0.05, 0) is 60.9 Å². The van der Waals surface area contributed by atoms with Gasteiger partial charge in [-0.1, -0.05) is 43.8 Å². The Labute approximate surface area is 183 Å². The monoisotopic (exact) mass is 455 g/mol.